The normalized spacial score (nSPS) is 17.2. The van der Waals surface area contributed by atoms with Gasteiger partial charge >= 0.3 is 0 Å². The van der Waals surface area contributed by atoms with E-state index in [1.807, 2.05) is 0 Å². The van der Waals surface area contributed by atoms with E-state index in [0.717, 1.165) is 23.0 Å². The molecule has 0 spiro atoms. The predicted octanol–water partition coefficient (Wildman–Crippen LogP) is 6.93. The minimum Gasteiger partial charge on any atom is -0.386 e. The number of fused-ring (bicyclic) bond motifs is 4. The Morgan fingerprint density at radius 1 is 1.03 bits per heavy atom. The van der Waals surface area contributed by atoms with Crippen LogP contribution in [0.5, 0.6) is 0 Å². The molecule has 4 aromatic carbocycles. The van der Waals surface area contributed by atoms with Crippen LogP contribution in [0.4, 0.5) is 32.0 Å². The van der Waals surface area contributed by atoms with Crippen LogP contribution in [0.3, 0.4) is 0 Å². The zero-order chi connectivity index (χ0) is 47.8. The number of hydrogen-bond acceptors (Lipinski definition) is 9. The number of halogens is 7. The van der Waals surface area contributed by atoms with Gasteiger partial charge in [-0.05, 0) is 65.9 Å². The summed E-state index contributed by atoms with van der Waals surface area (Å²) < 4.78 is 145. The summed E-state index contributed by atoms with van der Waals surface area (Å²) >= 11 is 6.56. The first kappa shape index (κ1) is 46.3. The highest BCUT2D eigenvalue weighted by molar-refractivity contribution is 7.91. The van der Waals surface area contributed by atoms with Gasteiger partial charge < -0.3 is 16.4 Å². The second kappa shape index (κ2) is 16.9. The Balaban J connectivity index is 1.37. The van der Waals surface area contributed by atoms with Gasteiger partial charge in [0.15, 0.2) is 9.84 Å². The Labute approximate surface area is 377 Å². The highest BCUT2D eigenvalue weighted by atomic mass is 35.5. The van der Waals surface area contributed by atoms with Crippen LogP contribution in [-0.2, 0) is 43.5 Å². The van der Waals surface area contributed by atoms with Crippen LogP contribution in [0, 0.1) is 17.6 Å². The molecule has 3 atom stereocenters. The van der Waals surface area contributed by atoms with E-state index < -0.39 is 103 Å². The van der Waals surface area contributed by atoms with Crippen LogP contribution in [-0.4, -0.2) is 67.0 Å². The predicted molar refractivity (Wildman–Crippen MR) is 233 cm³/mol. The van der Waals surface area contributed by atoms with E-state index in [-0.39, 0.29) is 78.0 Å². The molecule has 0 aliphatic heterocycles. The summed E-state index contributed by atoms with van der Waals surface area (Å²) in [5.74, 6) is -10.1. The molecule has 23 heteroatoms. The highest BCUT2D eigenvalue weighted by Crippen LogP contribution is 2.68. The Bertz CT molecular complexity index is 3310. The molecule has 2 unspecified atom stereocenters. The van der Waals surface area contributed by atoms with Gasteiger partial charge in [0.25, 0.3) is 27.9 Å². The Morgan fingerprint density at radius 3 is 2.38 bits per heavy atom. The average Bonchev–Trinajstić information content (AvgIpc) is 3.90. The first-order chi connectivity index (χ1) is 31.0. The van der Waals surface area contributed by atoms with Crippen LogP contribution >= 0.6 is 11.6 Å². The third-order valence-electron chi connectivity index (χ3n) is 11.4. The van der Waals surface area contributed by atoms with Crippen molar-refractivity contribution in [2.45, 2.75) is 55.5 Å². The number of nitrogens with one attached hydrogen (secondary N) is 2. The number of alkyl halides is 4. The van der Waals surface area contributed by atoms with Crippen LogP contribution in [0.15, 0.2) is 86.9 Å². The molecule has 1 saturated carbocycles. The summed E-state index contributed by atoms with van der Waals surface area (Å²) in [6, 6.07) is 13.7. The summed E-state index contributed by atoms with van der Waals surface area (Å²) in [6.45, 7) is 0.420. The van der Waals surface area contributed by atoms with E-state index in [1.165, 1.54) is 56.4 Å². The first-order valence-corrected chi connectivity index (χ1v) is 23.9. The number of carbonyl (C=O) groups is 1. The fraction of sp³-hybridized carbons (Fsp3) is 0.279. The maximum atomic E-state index is 15.6. The molecule has 0 bridgehead atoms. The molecule has 66 heavy (non-hydrogen) atoms. The van der Waals surface area contributed by atoms with Crippen molar-refractivity contribution in [3.8, 4) is 16.8 Å². The van der Waals surface area contributed by atoms with Gasteiger partial charge in [0.2, 0.25) is 5.91 Å². The lowest BCUT2D eigenvalue weighted by Gasteiger charge is -2.25. The van der Waals surface area contributed by atoms with E-state index >= 15 is 13.6 Å². The number of anilines is 1. The number of amidine groups is 1. The van der Waals surface area contributed by atoms with E-state index in [1.54, 1.807) is 12.1 Å². The molecule has 1 amide bonds. The number of amides is 1. The molecule has 2 aliphatic carbocycles. The summed E-state index contributed by atoms with van der Waals surface area (Å²) in [5, 5.41) is 8.94. The first-order valence-electron chi connectivity index (χ1n) is 20.0. The number of hydrogen-bond donors (Lipinski definition) is 3. The van der Waals surface area contributed by atoms with Crippen LogP contribution in [0.2, 0.25) is 5.02 Å². The second-order valence-corrected chi connectivity index (χ2v) is 20.1. The summed E-state index contributed by atoms with van der Waals surface area (Å²) in [7, 11) is -6.55. The van der Waals surface area contributed by atoms with Crippen LogP contribution in [0.25, 0.3) is 27.7 Å². The molecule has 1 fully saturated rings. The lowest BCUT2D eigenvalue weighted by molar-refractivity contribution is -0.123. The summed E-state index contributed by atoms with van der Waals surface area (Å²) in [6.07, 6.45) is -3.06. The van der Waals surface area contributed by atoms with E-state index in [9.17, 15) is 39.2 Å². The van der Waals surface area contributed by atoms with Gasteiger partial charge in [-0.3, -0.25) is 18.8 Å². The van der Waals surface area contributed by atoms with Gasteiger partial charge in [-0.15, -0.1) is 4.40 Å². The SMILES string of the molecule is CCS(=O)(=O)c1ccccc1-c1ccc2c(=O)n(-c3ccc(Cl)c(C(N)=NS(C)(=O)=O)c3NC)c([C@H](Cc3cc(F)cc(F)c3)NC(=O)Cn3nc(C(F)F)c4c3C(F)(F)C3CC43)nc2c1. The Morgan fingerprint density at radius 2 is 1.73 bits per heavy atom. The average molecular weight is 975 g/mol. The molecule has 2 heterocycles. The molecule has 4 N–H and O–H groups in total. The third kappa shape index (κ3) is 8.40. The fourth-order valence-corrected chi connectivity index (χ4v) is 10.4. The number of nitrogens with two attached hydrogens (primary N) is 1. The quantitative estimate of drug-likeness (QED) is 0.0584. The Hall–Kier alpha value is -6.26. The number of aromatic nitrogens is 4. The zero-order valence-electron chi connectivity index (χ0n) is 34.8. The summed E-state index contributed by atoms with van der Waals surface area (Å²) in [5.41, 5.74) is 3.19. The smallest absolute Gasteiger partial charge is 0.293 e. The molecule has 2 aliphatic rings. The molecule has 346 valence electrons. The van der Waals surface area contributed by atoms with Gasteiger partial charge in [-0.1, -0.05) is 42.8 Å². The number of sulfone groups is 1. The van der Waals surface area contributed by atoms with E-state index in [0.29, 0.717) is 10.7 Å². The van der Waals surface area contributed by atoms with Gasteiger partial charge in [-0.2, -0.15) is 13.9 Å². The van der Waals surface area contributed by atoms with Crippen molar-refractivity contribution in [3.05, 3.63) is 134 Å². The topological polar surface area (TPSA) is 200 Å². The van der Waals surface area contributed by atoms with E-state index in [2.05, 4.69) is 20.1 Å². The van der Waals surface area contributed by atoms with Gasteiger partial charge in [0, 0.05) is 36.6 Å². The molecule has 6 aromatic rings. The van der Waals surface area contributed by atoms with Crippen molar-refractivity contribution in [2.24, 2.45) is 16.0 Å². The molecule has 0 radical (unpaired) electrons. The van der Waals surface area contributed by atoms with Crippen LogP contribution in [0.1, 0.15) is 65.6 Å². The lowest BCUT2D eigenvalue weighted by Crippen LogP contribution is -2.38. The monoisotopic (exact) mass is 974 g/mol. The van der Waals surface area contributed by atoms with Crippen LogP contribution < -0.4 is 21.9 Å². The van der Waals surface area contributed by atoms with Gasteiger partial charge in [-0.25, -0.2) is 39.4 Å². The molecular formula is C43H37ClF6N8O6S2. The molecule has 8 rings (SSSR count). The van der Waals surface area contributed by atoms with Crippen molar-refractivity contribution >= 4 is 59.8 Å². The maximum absolute atomic E-state index is 15.6. The minimum atomic E-state index is -4.13. The summed E-state index contributed by atoms with van der Waals surface area (Å²) in [4.78, 5) is 34.1. The highest BCUT2D eigenvalue weighted by Gasteiger charge is 2.67. The third-order valence-corrected chi connectivity index (χ3v) is 14.1. The molecule has 0 saturated heterocycles. The zero-order valence-corrected chi connectivity index (χ0v) is 37.2. The number of sulfonamides is 1. The minimum absolute atomic E-state index is 0.0256. The lowest BCUT2D eigenvalue weighted by atomic mass is 10.0. The molecule has 2 aromatic heterocycles. The number of carbonyl (C=O) groups excluding carboxylic acids is 1. The molecular weight excluding hydrogens is 938 g/mol. The van der Waals surface area contributed by atoms with Crippen molar-refractivity contribution < 1.29 is 48.0 Å². The van der Waals surface area contributed by atoms with E-state index in [4.69, 9.17) is 22.3 Å². The van der Waals surface area contributed by atoms with Crippen molar-refractivity contribution in [1.29, 1.82) is 0 Å². The maximum Gasteiger partial charge on any atom is 0.293 e. The van der Waals surface area contributed by atoms with Gasteiger partial charge in [0.1, 0.15) is 41.2 Å². The number of nitrogens with zero attached hydrogens (tertiary/aromatic N) is 5. The second-order valence-electron chi connectivity index (χ2n) is 15.8. The largest absolute Gasteiger partial charge is 0.386 e. The fourth-order valence-electron chi connectivity index (χ4n) is 8.57. The Kier molecular flexibility index (Phi) is 11.8. The van der Waals surface area contributed by atoms with Crippen molar-refractivity contribution in [1.82, 2.24) is 24.6 Å². The standard InChI is InChI=1S/C43H37ClF6N8O6S2/c1-4-66(63,64)32-8-6-5-7-24(32)21-9-10-25-29(16-21)54-41(58(42(25)60)31-12-11-28(44)35(36(31)52-2)40(51)56-65(3,61)62)30(15-20-13-22(45)17-23(46)14-20)53-33(59)19-57-38-34(37(55-57)39(47)48)26-18-27(26)43(38,49)50/h5-14,16-17,26-27,30,39,52H,4,15,18-19H2,1-3H3,(H2,51,56)(H,53,59)/t26?,27?,30-/m0/s1. The number of benzene rings is 4. The number of rotatable bonds is 14. The van der Waals surface area contributed by atoms with Crippen molar-refractivity contribution in [2.75, 3.05) is 24.4 Å². The van der Waals surface area contributed by atoms with Crippen molar-refractivity contribution in [3.63, 3.8) is 0 Å². The van der Waals surface area contributed by atoms with Gasteiger partial charge in [0.05, 0.1) is 55.8 Å². The molecule has 14 nitrogen and oxygen atoms in total.